The van der Waals surface area contributed by atoms with Crippen molar-refractivity contribution in [3.8, 4) is 11.1 Å². The highest BCUT2D eigenvalue weighted by molar-refractivity contribution is 6.04. The van der Waals surface area contributed by atoms with Gasteiger partial charge in [0.15, 0.2) is 13.8 Å². The molecule has 0 atom stereocenters. The summed E-state index contributed by atoms with van der Waals surface area (Å²) in [7, 11) is 3.98. The lowest BCUT2D eigenvalue weighted by Crippen LogP contribution is -2.32. The zero-order valence-electron chi connectivity index (χ0n) is 15.6. The van der Waals surface area contributed by atoms with E-state index in [1.165, 1.54) is 0 Å². The summed E-state index contributed by atoms with van der Waals surface area (Å²) >= 11 is 0. The van der Waals surface area contributed by atoms with Crippen LogP contribution in [-0.2, 0) is 7.05 Å². The Morgan fingerprint density at radius 2 is 1.78 bits per heavy atom. The summed E-state index contributed by atoms with van der Waals surface area (Å²) in [6, 6.07) is 10.2. The molecule has 7 heteroatoms. The third-order valence-corrected chi connectivity index (χ3v) is 5.59. The van der Waals surface area contributed by atoms with Gasteiger partial charge in [-0.15, -0.1) is 0 Å². The summed E-state index contributed by atoms with van der Waals surface area (Å²) in [6.07, 6.45) is 6.23. The molecule has 27 heavy (non-hydrogen) atoms. The van der Waals surface area contributed by atoms with Crippen LogP contribution in [0.4, 0.5) is 4.39 Å². The number of nitrogens with zero attached hydrogens (tertiary/aromatic N) is 5. The van der Waals surface area contributed by atoms with Gasteiger partial charge in [-0.3, -0.25) is 9.36 Å². The summed E-state index contributed by atoms with van der Waals surface area (Å²) in [4.78, 5) is 2.36. The molecule has 1 fully saturated rings. The van der Waals surface area contributed by atoms with Crippen LogP contribution in [0.25, 0.3) is 32.9 Å². The molecule has 3 heterocycles. The number of hydrogen-bond donors (Lipinski definition) is 0. The smallest absolute Gasteiger partial charge is 0.185 e. The lowest BCUT2D eigenvalue weighted by molar-refractivity contribution is 0.269. The van der Waals surface area contributed by atoms with Gasteiger partial charge in [0.2, 0.25) is 0 Å². The van der Waals surface area contributed by atoms with E-state index in [1.807, 2.05) is 31.4 Å². The van der Waals surface area contributed by atoms with Gasteiger partial charge < -0.3 is 4.81 Å². The van der Waals surface area contributed by atoms with E-state index in [9.17, 15) is 4.39 Å². The molecule has 5 rings (SSSR count). The van der Waals surface area contributed by atoms with Gasteiger partial charge >= 0.3 is 0 Å². The highest BCUT2D eigenvalue weighted by Crippen LogP contribution is 2.30. The summed E-state index contributed by atoms with van der Waals surface area (Å²) in [5.41, 5.74) is 3.26. The van der Waals surface area contributed by atoms with E-state index in [-0.39, 0.29) is 5.82 Å². The molecule has 0 bridgehead atoms. The van der Waals surface area contributed by atoms with E-state index in [4.69, 9.17) is 5.10 Å². The van der Waals surface area contributed by atoms with Crippen molar-refractivity contribution < 1.29 is 4.39 Å². The second-order valence-corrected chi connectivity index (χ2v) is 7.62. The Hall–Kier alpha value is -2.67. The first kappa shape index (κ1) is 16.5. The van der Waals surface area contributed by atoms with Gasteiger partial charge in [0.25, 0.3) is 0 Å². The van der Waals surface area contributed by atoms with Crippen molar-refractivity contribution in [3.63, 3.8) is 0 Å². The molecule has 1 aliphatic rings. The predicted octanol–water partition coefficient (Wildman–Crippen LogP) is 2.91. The van der Waals surface area contributed by atoms with Gasteiger partial charge in [-0.05, 0) is 61.3 Å². The zero-order valence-corrected chi connectivity index (χ0v) is 15.6. The Morgan fingerprint density at radius 3 is 2.59 bits per heavy atom. The largest absolute Gasteiger partial charge is 0.349 e. The van der Waals surface area contributed by atoms with Crippen LogP contribution >= 0.6 is 0 Å². The van der Waals surface area contributed by atoms with Gasteiger partial charge in [0.05, 0.1) is 11.6 Å². The molecule has 5 nitrogen and oxygen atoms in total. The Bertz CT molecular complexity index is 1140. The first-order valence-corrected chi connectivity index (χ1v) is 9.37. The van der Waals surface area contributed by atoms with E-state index < -0.39 is 0 Å². The SMILES string of the molecule is BN1CCC(n2cc3cc(-c4cc(F)c5nn(C)cc5c4)ccc3n2)CC1. The predicted molar refractivity (Wildman–Crippen MR) is 108 cm³/mol. The molecule has 1 saturated heterocycles. The van der Waals surface area contributed by atoms with Crippen molar-refractivity contribution >= 4 is 29.8 Å². The summed E-state index contributed by atoms with van der Waals surface area (Å²) < 4.78 is 18.2. The number of fused-ring (bicyclic) bond motifs is 2. The molecule has 136 valence electrons. The van der Waals surface area contributed by atoms with Crippen molar-refractivity contribution in [3.05, 3.63) is 48.5 Å². The molecule has 0 amide bonds. The third kappa shape index (κ3) is 2.92. The average molecular weight is 361 g/mol. The van der Waals surface area contributed by atoms with Crippen LogP contribution in [-0.4, -0.2) is 45.4 Å². The van der Waals surface area contributed by atoms with Crippen LogP contribution in [0.1, 0.15) is 18.9 Å². The van der Waals surface area contributed by atoms with Crippen LogP contribution in [0.2, 0.25) is 0 Å². The highest BCUT2D eigenvalue weighted by Gasteiger charge is 2.19. The minimum absolute atomic E-state index is 0.287. The molecule has 0 N–H and O–H groups in total. The summed E-state index contributed by atoms with van der Waals surface area (Å²) in [5.74, 6) is -0.287. The van der Waals surface area contributed by atoms with Crippen LogP contribution in [0.5, 0.6) is 0 Å². The van der Waals surface area contributed by atoms with Crippen LogP contribution in [0.3, 0.4) is 0 Å². The van der Waals surface area contributed by atoms with Crippen LogP contribution < -0.4 is 0 Å². The van der Waals surface area contributed by atoms with Gasteiger partial charge in [-0.25, -0.2) is 4.39 Å². The standard InChI is InChI=1S/C20H21BFN5/c1-25-11-16-9-14(10-18(22)20(16)24-25)13-2-3-19-15(8-13)12-27(23-19)17-4-6-26(21)7-5-17/h2-3,8-12,17H,4-7,21H2,1H3. The highest BCUT2D eigenvalue weighted by atomic mass is 19.1. The van der Waals surface area contributed by atoms with Gasteiger partial charge in [-0.2, -0.15) is 10.2 Å². The maximum absolute atomic E-state index is 14.4. The normalized spacial score (nSPS) is 16.5. The Balaban J connectivity index is 1.53. The molecule has 4 aromatic rings. The topological polar surface area (TPSA) is 38.9 Å². The maximum atomic E-state index is 14.4. The maximum Gasteiger partial charge on any atom is 0.185 e. The summed E-state index contributed by atoms with van der Waals surface area (Å²) in [5, 5.41) is 10.9. The molecule has 0 radical (unpaired) electrons. The quantitative estimate of drug-likeness (QED) is 0.516. The minimum atomic E-state index is -0.287. The number of benzene rings is 2. The molecular weight excluding hydrogens is 340 g/mol. The van der Waals surface area contributed by atoms with Crippen molar-refractivity contribution in [2.24, 2.45) is 7.05 Å². The van der Waals surface area contributed by atoms with Crippen LogP contribution in [0.15, 0.2) is 42.7 Å². The van der Waals surface area contributed by atoms with Gasteiger partial charge in [-0.1, -0.05) is 6.07 Å². The Kier molecular flexibility index (Phi) is 3.79. The Labute approximate surface area is 157 Å². The minimum Gasteiger partial charge on any atom is -0.349 e. The van der Waals surface area contributed by atoms with E-state index in [2.05, 4.69) is 34.8 Å². The fraction of sp³-hybridized carbons (Fsp3) is 0.300. The van der Waals surface area contributed by atoms with Crippen LogP contribution in [0, 0.1) is 5.82 Å². The molecular formula is C20H21BFN5. The molecule has 1 aliphatic heterocycles. The lowest BCUT2D eigenvalue weighted by atomic mass is 10.0. The van der Waals surface area contributed by atoms with E-state index >= 15 is 0 Å². The molecule has 2 aromatic heterocycles. The molecule has 0 unspecified atom stereocenters. The van der Waals surface area contributed by atoms with Crippen molar-refractivity contribution in [1.82, 2.24) is 24.4 Å². The number of piperidine rings is 1. The molecule has 0 spiro atoms. The third-order valence-electron chi connectivity index (χ3n) is 5.59. The molecule has 0 aliphatic carbocycles. The zero-order chi connectivity index (χ0) is 18.5. The van der Waals surface area contributed by atoms with Crippen molar-refractivity contribution in [1.29, 1.82) is 0 Å². The number of hydrogen-bond acceptors (Lipinski definition) is 3. The average Bonchev–Trinajstić information content (AvgIpc) is 3.24. The van der Waals surface area contributed by atoms with Crippen molar-refractivity contribution in [2.45, 2.75) is 18.9 Å². The monoisotopic (exact) mass is 361 g/mol. The first-order chi connectivity index (χ1) is 13.1. The van der Waals surface area contributed by atoms with E-state index in [0.29, 0.717) is 11.6 Å². The number of aromatic nitrogens is 4. The van der Waals surface area contributed by atoms with Gasteiger partial charge in [0.1, 0.15) is 5.52 Å². The molecule has 2 aromatic carbocycles. The summed E-state index contributed by atoms with van der Waals surface area (Å²) in [6.45, 7) is 2.22. The fourth-order valence-electron chi connectivity index (χ4n) is 4.05. The Morgan fingerprint density at radius 1 is 1.00 bits per heavy atom. The first-order valence-electron chi connectivity index (χ1n) is 9.37. The number of aryl methyl sites for hydroxylation is 1. The van der Waals surface area contributed by atoms with Gasteiger partial charge in [0, 0.05) is 30.2 Å². The van der Waals surface area contributed by atoms with E-state index in [1.54, 1.807) is 10.7 Å². The second-order valence-electron chi connectivity index (χ2n) is 7.62. The fourth-order valence-corrected chi connectivity index (χ4v) is 4.05. The molecule has 0 saturated carbocycles. The lowest BCUT2D eigenvalue weighted by Gasteiger charge is -2.29. The second kappa shape index (κ2) is 6.20. The van der Waals surface area contributed by atoms with Crippen molar-refractivity contribution in [2.75, 3.05) is 13.1 Å². The number of halogens is 1. The van der Waals surface area contributed by atoms with E-state index in [0.717, 1.165) is 53.3 Å². The number of rotatable bonds is 2.